The third-order valence-corrected chi connectivity index (χ3v) is 3.49. The van der Waals surface area contributed by atoms with Crippen molar-refractivity contribution in [3.05, 3.63) is 59.7 Å². The zero-order chi connectivity index (χ0) is 18.2. The molecule has 6 heteroatoms. The number of hydrogen-bond donors (Lipinski definition) is 1. The number of nitrogens with zero attached hydrogens (tertiary/aromatic N) is 1. The molecule has 25 heavy (non-hydrogen) atoms. The number of hydrogen-bond acceptors (Lipinski definition) is 5. The van der Waals surface area contributed by atoms with Crippen molar-refractivity contribution >= 4 is 17.6 Å². The number of para-hydroxylation sites is 1. The van der Waals surface area contributed by atoms with Crippen LogP contribution in [-0.2, 0) is 20.7 Å². The van der Waals surface area contributed by atoms with Gasteiger partial charge in [0.05, 0.1) is 25.2 Å². The Bertz CT molecular complexity index is 794. The van der Waals surface area contributed by atoms with E-state index in [2.05, 4.69) is 5.32 Å². The number of methoxy groups -OCH3 is 1. The zero-order valence-electron chi connectivity index (χ0n) is 14.0. The first-order valence-electron chi connectivity index (χ1n) is 7.66. The average molecular weight is 338 g/mol. The molecule has 0 heterocycles. The fourth-order valence-corrected chi connectivity index (χ4v) is 2.17. The van der Waals surface area contributed by atoms with Crippen LogP contribution in [0, 0.1) is 11.3 Å². The number of carbonyl (C=O) groups excluding carboxylic acids is 2. The summed E-state index contributed by atoms with van der Waals surface area (Å²) in [7, 11) is 1.53. The highest BCUT2D eigenvalue weighted by atomic mass is 16.5. The smallest absolute Gasteiger partial charge is 0.311 e. The van der Waals surface area contributed by atoms with Crippen LogP contribution in [0.4, 0.5) is 5.69 Å². The molecule has 0 aliphatic heterocycles. The quantitative estimate of drug-likeness (QED) is 0.818. The SMILES string of the molecule is COc1ccccc1CC(=O)O[C@@H](C)C(=O)Nc1ccc(C#N)cc1. The Labute approximate surface area is 146 Å². The molecule has 0 aliphatic rings. The summed E-state index contributed by atoms with van der Waals surface area (Å²) >= 11 is 0. The maximum Gasteiger partial charge on any atom is 0.311 e. The number of ether oxygens (including phenoxy) is 2. The summed E-state index contributed by atoms with van der Waals surface area (Å²) in [5, 5.41) is 11.4. The monoisotopic (exact) mass is 338 g/mol. The Hall–Kier alpha value is -3.33. The van der Waals surface area contributed by atoms with Crippen LogP contribution in [0.2, 0.25) is 0 Å². The van der Waals surface area contributed by atoms with E-state index in [1.807, 2.05) is 6.07 Å². The number of rotatable bonds is 6. The van der Waals surface area contributed by atoms with E-state index in [9.17, 15) is 9.59 Å². The van der Waals surface area contributed by atoms with Crippen LogP contribution in [0.25, 0.3) is 0 Å². The summed E-state index contributed by atoms with van der Waals surface area (Å²) in [5.74, 6) is -0.376. The summed E-state index contributed by atoms with van der Waals surface area (Å²) in [4.78, 5) is 24.1. The minimum Gasteiger partial charge on any atom is -0.496 e. The van der Waals surface area contributed by atoms with Gasteiger partial charge in [-0.1, -0.05) is 18.2 Å². The van der Waals surface area contributed by atoms with Crippen LogP contribution in [0.15, 0.2) is 48.5 Å². The second kappa shape index (κ2) is 8.50. The first-order valence-corrected chi connectivity index (χ1v) is 7.66. The lowest BCUT2D eigenvalue weighted by Gasteiger charge is -2.14. The number of esters is 1. The highest BCUT2D eigenvalue weighted by molar-refractivity contribution is 5.95. The normalized spacial score (nSPS) is 11.1. The van der Waals surface area contributed by atoms with Gasteiger partial charge in [0.15, 0.2) is 6.10 Å². The summed E-state index contributed by atoms with van der Waals surface area (Å²) in [6, 6.07) is 15.5. The predicted octanol–water partition coefficient (Wildman–Crippen LogP) is 2.68. The van der Waals surface area contributed by atoms with Crippen LogP contribution in [-0.4, -0.2) is 25.1 Å². The second-order valence-corrected chi connectivity index (χ2v) is 5.30. The lowest BCUT2D eigenvalue weighted by atomic mass is 10.1. The molecule has 1 N–H and O–H groups in total. The molecule has 0 aromatic heterocycles. The Morgan fingerprint density at radius 2 is 1.84 bits per heavy atom. The van der Waals surface area contributed by atoms with E-state index in [1.54, 1.807) is 48.5 Å². The van der Waals surface area contributed by atoms with Gasteiger partial charge < -0.3 is 14.8 Å². The molecular formula is C19H18N2O4. The number of nitriles is 1. The molecule has 1 atom stereocenters. The maximum absolute atomic E-state index is 12.1. The second-order valence-electron chi connectivity index (χ2n) is 5.30. The van der Waals surface area contributed by atoms with Gasteiger partial charge in [0.25, 0.3) is 5.91 Å². The molecule has 0 unspecified atom stereocenters. The lowest BCUT2D eigenvalue weighted by Crippen LogP contribution is -2.30. The lowest BCUT2D eigenvalue weighted by molar-refractivity contribution is -0.152. The van der Waals surface area contributed by atoms with Gasteiger partial charge in [0.1, 0.15) is 5.75 Å². The minimum absolute atomic E-state index is 0.0124. The summed E-state index contributed by atoms with van der Waals surface area (Å²) in [6.07, 6.45) is -0.934. The molecule has 0 saturated carbocycles. The van der Waals surface area contributed by atoms with Gasteiger partial charge in [0.2, 0.25) is 0 Å². The van der Waals surface area contributed by atoms with Crippen molar-refractivity contribution < 1.29 is 19.1 Å². The Morgan fingerprint density at radius 3 is 2.48 bits per heavy atom. The Balaban J connectivity index is 1.91. The molecule has 2 aromatic carbocycles. The molecule has 0 spiro atoms. The highest BCUT2D eigenvalue weighted by Gasteiger charge is 2.19. The number of carbonyl (C=O) groups is 2. The maximum atomic E-state index is 12.1. The molecule has 0 bridgehead atoms. The van der Waals surface area contributed by atoms with Crippen molar-refractivity contribution in [1.82, 2.24) is 0 Å². The number of nitrogens with one attached hydrogen (secondary N) is 1. The molecule has 2 aromatic rings. The predicted molar refractivity (Wildman–Crippen MR) is 92.0 cm³/mol. The van der Waals surface area contributed by atoms with Crippen LogP contribution in [0.3, 0.4) is 0 Å². The van der Waals surface area contributed by atoms with Gasteiger partial charge in [-0.3, -0.25) is 9.59 Å². The fraction of sp³-hybridized carbons (Fsp3) is 0.211. The molecule has 0 aliphatic carbocycles. The van der Waals surface area contributed by atoms with Crippen molar-refractivity contribution in [3.8, 4) is 11.8 Å². The van der Waals surface area contributed by atoms with Crippen molar-refractivity contribution in [2.75, 3.05) is 12.4 Å². The van der Waals surface area contributed by atoms with Crippen LogP contribution in [0.5, 0.6) is 5.75 Å². The van der Waals surface area contributed by atoms with E-state index < -0.39 is 18.0 Å². The molecule has 0 fully saturated rings. The number of amides is 1. The van der Waals surface area contributed by atoms with E-state index in [0.717, 1.165) is 0 Å². The molecule has 1 amide bonds. The van der Waals surface area contributed by atoms with Crippen molar-refractivity contribution in [2.45, 2.75) is 19.4 Å². The van der Waals surface area contributed by atoms with Crippen molar-refractivity contribution in [3.63, 3.8) is 0 Å². The van der Waals surface area contributed by atoms with Crippen LogP contribution < -0.4 is 10.1 Å². The van der Waals surface area contributed by atoms with E-state index in [1.165, 1.54) is 14.0 Å². The topological polar surface area (TPSA) is 88.4 Å². The standard InChI is InChI=1S/C19H18N2O4/c1-13(19(23)21-16-9-7-14(12-20)8-10-16)25-18(22)11-15-5-3-4-6-17(15)24-2/h3-10,13H,11H2,1-2H3,(H,21,23)/t13-/m0/s1. The molecular weight excluding hydrogens is 320 g/mol. The van der Waals surface area contributed by atoms with Crippen molar-refractivity contribution in [1.29, 1.82) is 5.26 Å². The summed E-state index contributed by atoms with van der Waals surface area (Å²) in [6.45, 7) is 1.50. The van der Waals surface area contributed by atoms with E-state index >= 15 is 0 Å². The first-order chi connectivity index (χ1) is 12.0. The van der Waals surface area contributed by atoms with Gasteiger partial charge in [-0.25, -0.2) is 0 Å². The van der Waals surface area contributed by atoms with Gasteiger partial charge in [0, 0.05) is 11.3 Å². The van der Waals surface area contributed by atoms with Gasteiger partial charge in [-0.15, -0.1) is 0 Å². The highest BCUT2D eigenvalue weighted by Crippen LogP contribution is 2.18. The number of anilines is 1. The van der Waals surface area contributed by atoms with Crippen molar-refractivity contribution in [2.24, 2.45) is 0 Å². The molecule has 2 rings (SSSR count). The Morgan fingerprint density at radius 1 is 1.16 bits per heavy atom. The van der Waals surface area contributed by atoms with Gasteiger partial charge in [-0.05, 0) is 37.3 Å². The minimum atomic E-state index is -0.946. The fourth-order valence-electron chi connectivity index (χ4n) is 2.17. The third-order valence-electron chi connectivity index (χ3n) is 3.49. The van der Waals surface area contributed by atoms with E-state index in [0.29, 0.717) is 22.6 Å². The zero-order valence-corrected chi connectivity index (χ0v) is 14.0. The third kappa shape index (κ3) is 5.08. The summed E-state index contributed by atoms with van der Waals surface area (Å²) in [5.41, 5.74) is 1.71. The molecule has 6 nitrogen and oxygen atoms in total. The molecule has 0 radical (unpaired) electrons. The molecule has 0 saturated heterocycles. The van der Waals surface area contributed by atoms with Gasteiger partial charge >= 0.3 is 5.97 Å². The largest absolute Gasteiger partial charge is 0.496 e. The van der Waals surface area contributed by atoms with Crippen LogP contribution >= 0.6 is 0 Å². The van der Waals surface area contributed by atoms with E-state index in [4.69, 9.17) is 14.7 Å². The number of benzene rings is 2. The molecule has 128 valence electrons. The van der Waals surface area contributed by atoms with Gasteiger partial charge in [-0.2, -0.15) is 5.26 Å². The van der Waals surface area contributed by atoms with Crippen LogP contribution in [0.1, 0.15) is 18.1 Å². The Kier molecular flexibility index (Phi) is 6.13. The average Bonchev–Trinajstić information content (AvgIpc) is 2.62. The van der Waals surface area contributed by atoms with E-state index in [-0.39, 0.29) is 6.42 Å². The summed E-state index contributed by atoms with van der Waals surface area (Å²) < 4.78 is 10.4. The first kappa shape index (κ1) is 18.0.